The van der Waals surface area contributed by atoms with Crippen LogP contribution in [-0.4, -0.2) is 61.3 Å². The van der Waals surface area contributed by atoms with E-state index in [4.69, 9.17) is 15.2 Å². The Morgan fingerprint density at radius 3 is 2.95 bits per heavy atom. The molecule has 4 atom stereocenters. The van der Waals surface area contributed by atoms with Crippen molar-refractivity contribution in [3.05, 3.63) is 12.7 Å². The Labute approximate surface area is 120 Å². The van der Waals surface area contributed by atoms with Crippen LogP contribution in [0.15, 0.2) is 12.7 Å². The van der Waals surface area contributed by atoms with Crippen LogP contribution in [0.1, 0.15) is 13.2 Å². The van der Waals surface area contributed by atoms with Gasteiger partial charge in [-0.15, -0.1) is 0 Å². The predicted molar refractivity (Wildman–Crippen MR) is 72.2 cm³/mol. The number of hydrogen-bond acceptors (Lipinski definition) is 8. The average Bonchev–Trinajstić information content (AvgIpc) is 3.03. The molecule has 1 saturated heterocycles. The lowest BCUT2D eigenvalue weighted by atomic mass is 10.1. The molecule has 3 rings (SSSR count). The lowest BCUT2D eigenvalue weighted by molar-refractivity contribution is -0.0676. The van der Waals surface area contributed by atoms with Crippen molar-refractivity contribution in [2.24, 2.45) is 0 Å². The van der Waals surface area contributed by atoms with Gasteiger partial charge in [-0.05, 0) is 6.92 Å². The Morgan fingerprint density at radius 1 is 1.43 bits per heavy atom. The molecule has 114 valence electrons. The molecular weight excluding hydrogens is 278 g/mol. The first kappa shape index (κ1) is 14.1. The molecule has 0 aliphatic carbocycles. The molecule has 0 saturated carbocycles. The highest BCUT2D eigenvalue weighted by molar-refractivity contribution is 5.81. The maximum absolute atomic E-state index is 10.2. The van der Waals surface area contributed by atoms with Gasteiger partial charge in [0.2, 0.25) is 0 Å². The van der Waals surface area contributed by atoms with E-state index in [1.807, 2.05) is 6.92 Å². The minimum atomic E-state index is -0.934. The molecule has 2 aromatic heterocycles. The molecule has 1 aliphatic heterocycles. The van der Waals surface area contributed by atoms with Crippen molar-refractivity contribution < 1.29 is 19.7 Å². The first-order valence-electron chi connectivity index (χ1n) is 6.66. The molecule has 9 heteroatoms. The van der Waals surface area contributed by atoms with Gasteiger partial charge >= 0.3 is 0 Å². The predicted octanol–water partition coefficient (Wildman–Crippen LogP) is -0.936. The van der Waals surface area contributed by atoms with E-state index in [0.717, 1.165) is 0 Å². The lowest BCUT2D eigenvalue weighted by Gasteiger charge is -2.21. The maximum Gasteiger partial charge on any atom is 0.167 e. The van der Waals surface area contributed by atoms with E-state index in [-0.39, 0.29) is 12.4 Å². The topological polar surface area (TPSA) is 129 Å². The van der Waals surface area contributed by atoms with E-state index >= 15 is 0 Å². The van der Waals surface area contributed by atoms with Crippen molar-refractivity contribution in [1.29, 1.82) is 0 Å². The number of nitrogens with two attached hydrogens (primary N) is 1. The van der Waals surface area contributed by atoms with Crippen LogP contribution in [-0.2, 0) is 9.47 Å². The largest absolute Gasteiger partial charge is 0.394 e. The molecule has 2 aromatic rings. The summed E-state index contributed by atoms with van der Waals surface area (Å²) >= 11 is 0. The summed E-state index contributed by atoms with van der Waals surface area (Å²) in [5.41, 5.74) is 6.70. The minimum absolute atomic E-state index is 0.268. The summed E-state index contributed by atoms with van der Waals surface area (Å²) in [6.45, 7) is 1.93. The number of aliphatic hydroxyl groups is 2. The van der Waals surface area contributed by atoms with Crippen molar-refractivity contribution in [3.8, 4) is 0 Å². The van der Waals surface area contributed by atoms with Gasteiger partial charge in [-0.25, -0.2) is 15.0 Å². The van der Waals surface area contributed by atoms with E-state index in [2.05, 4.69) is 15.0 Å². The highest BCUT2D eigenvalue weighted by Crippen LogP contribution is 2.33. The van der Waals surface area contributed by atoms with E-state index in [0.29, 0.717) is 17.8 Å². The first-order chi connectivity index (χ1) is 10.2. The maximum atomic E-state index is 10.2. The highest BCUT2D eigenvalue weighted by Gasteiger charge is 2.45. The molecule has 3 heterocycles. The van der Waals surface area contributed by atoms with Crippen molar-refractivity contribution >= 4 is 17.0 Å². The molecule has 9 nitrogen and oxygen atoms in total. The van der Waals surface area contributed by atoms with E-state index in [1.54, 1.807) is 4.57 Å². The number of nitrogen functional groups attached to an aromatic ring is 1. The Bertz CT molecular complexity index is 633. The number of hydrogen-bond donors (Lipinski definition) is 3. The van der Waals surface area contributed by atoms with Gasteiger partial charge < -0.3 is 25.4 Å². The summed E-state index contributed by atoms with van der Waals surface area (Å²) < 4.78 is 12.9. The van der Waals surface area contributed by atoms with Crippen LogP contribution in [0.3, 0.4) is 0 Å². The molecule has 1 fully saturated rings. The van der Waals surface area contributed by atoms with E-state index < -0.39 is 24.5 Å². The van der Waals surface area contributed by atoms with Gasteiger partial charge in [-0.1, -0.05) is 0 Å². The second-order valence-corrected chi connectivity index (χ2v) is 4.74. The fraction of sp³-hybridized carbons (Fsp3) is 0.583. The fourth-order valence-corrected chi connectivity index (χ4v) is 2.52. The second kappa shape index (κ2) is 5.53. The number of imidazole rings is 1. The molecular formula is C12H17N5O4. The number of fused-ring (bicyclic) bond motifs is 1. The van der Waals surface area contributed by atoms with Gasteiger partial charge in [-0.2, -0.15) is 0 Å². The van der Waals surface area contributed by atoms with E-state index in [9.17, 15) is 10.2 Å². The third-order valence-corrected chi connectivity index (χ3v) is 3.51. The third-order valence-electron chi connectivity index (χ3n) is 3.51. The van der Waals surface area contributed by atoms with Crippen LogP contribution in [0, 0.1) is 0 Å². The lowest BCUT2D eigenvalue weighted by Crippen LogP contribution is -2.35. The molecule has 0 radical (unpaired) electrons. The number of ether oxygens (including phenoxy) is 2. The highest BCUT2D eigenvalue weighted by atomic mass is 16.6. The molecule has 2 unspecified atom stereocenters. The van der Waals surface area contributed by atoms with Crippen LogP contribution in [0.25, 0.3) is 11.2 Å². The second-order valence-electron chi connectivity index (χ2n) is 4.74. The zero-order valence-corrected chi connectivity index (χ0v) is 11.5. The van der Waals surface area contributed by atoms with Gasteiger partial charge in [0.05, 0.1) is 12.9 Å². The van der Waals surface area contributed by atoms with Gasteiger partial charge in [-0.3, -0.25) is 4.57 Å². The number of rotatable bonds is 4. The zero-order valence-electron chi connectivity index (χ0n) is 11.5. The van der Waals surface area contributed by atoms with Crippen molar-refractivity contribution in [2.45, 2.75) is 31.5 Å². The standard InChI is InChI=1S/C12H17N5O4/c1-2-20-9-8(19)6(3-18)21-12(9)17-5-16-7-10(13)14-4-15-11(7)17/h4-6,8-9,12,18-19H,2-3H2,1H3,(H2,13,14,15)/t6-,8?,9?,12-/m1/s1. The zero-order chi connectivity index (χ0) is 15.0. The molecule has 0 bridgehead atoms. The molecule has 0 amide bonds. The van der Waals surface area contributed by atoms with Crippen LogP contribution in [0.4, 0.5) is 5.82 Å². The van der Waals surface area contributed by atoms with Crippen LogP contribution < -0.4 is 5.73 Å². The summed E-state index contributed by atoms with van der Waals surface area (Å²) in [6, 6.07) is 0. The SMILES string of the molecule is CCOC1C(O)[C@@H](CO)O[C@H]1n1cnc2c(N)ncnc21. The summed E-state index contributed by atoms with van der Waals surface area (Å²) in [5, 5.41) is 19.5. The number of anilines is 1. The normalized spacial score (nSPS) is 29.3. The molecule has 0 aromatic carbocycles. The van der Waals surface area contributed by atoms with Crippen LogP contribution in [0.5, 0.6) is 0 Å². The van der Waals surface area contributed by atoms with Gasteiger partial charge in [0.25, 0.3) is 0 Å². The third kappa shape index (κ3) is 2.23. The average molecular weight is 295 g/mol. The smallest absolute Gasteiger partial charge is 0.167 e. The Morgan fingerprint density at radius 2 is 2.24 bits per heavy atom. The summed E-state index contributed by atoms with van der Waals surface area (Å²) in [6.07, 6.45) is -0.0730. The summed E-state index contributed by atoms with van der Waals surface area (Å²) in [4.78, 5) is 12.2. The number of nitrogens with zero attached hydrogens (tertiary/aromatic N) is 4. The van der Waals surface area contributed by atoms with Crippen molar-refractivity contribution in [3.63, 3.8) is 0 Å². The molecule has 21 heavy (non-hydrogen) atoms. The van der Waals surface area contributed by atoms with Crippen molar-refractivity contribution in [2.75, 3.05) is 18.9 Å². The monoisotopic (exact) mass is 295 g/mol. The molecule has 1 aliphatic rings. The fourth-order valence-electron chi connectivity index (χ4n) is 2.52. The quantitative estimate of drug-likeness (QED) is 0.659. The van der Waals surface area contributed by atoms with E-state index in [1.165, 1.54) is 12.7 Å². The number of aromatic nitrogens is 4. The van der Waals surface area contributed by atoms with Gasteiger partial charge in [0.15, 0.2) is 17.7 Å². The van der Waals surface area contributed by atoms with Crippen LogP contribution in [0.2, 0.25) is 0 Å². The van der Waals surface area contributed by atoms with Gasteiger partial charge in [0.1, 0.15) is 30.2 Å². The molecule has 0 spiro atoms. The Kier molecular flexibility index (Phi) is 3.72. The summed E-state index contributed by atoms with van der Waals surface area (Å²) in [7, 11) is 0. The minimum Gasteiger partial charge on any atom is -0.394 e. The Hall–Kier alpha value is -1.81. The number of aliphatic hydroxyl groups excluding tert-OH is 2. The molecule has 4 N–H and O–H groups in total. The van der Waals surface area contributed by atoms with Crippen molar-refractivity contribution in [1.82, 2.24) is 19.5 Å². The van der Waals surface area contributed by atoms with Gasteiger partial charge in [0, 0.05) is 6.61 Å². The van der Waals surface area contributed by atoms with Crippen LogP contribution >= 0.6 is 0 Å². The Balaban J connectivity index is 2.02. The first-order valence-corrected chi connectivity index (χ1v) is 6.66. The summed E-state index contributed by atoms with van der Waals surface area (Å²) in [5.74, 6) is 0.268.